The highest BCUT2D eigenvalue weighted by Crippen LogP contribution is 2.35. The Morgan fingerprint density at radius 1 is 1.19 bits per heavy atom. The molecule has 0 fully saturated rings. The van der Waals surface area contributed by atoms with Crippen LogP contribution in [-0.2, 0) is 0 Å². The lowest BCUT2D eigenvalue weighted by molar-refractivity contribution is 0.411. The number of amidine groups is 1. The van der Waals surface area contributed by atoms with Gasteiger partial charge in [0.05, 0.1) is 17.8 Å². The van der Waals surface area contributed by atoms with Gasteiger partial charge in [0.1, 0.15) is 16.6 Å². The van der Waals surface area contributed by atoms with Crippen molar-refractivity contribution in [2.75, 3.05) is 11.4 Å². The first-order valence-electron chi connectivity index (χ1n) is 8.10. The van der Waals surface area contributed by atoms with Crippen LogP contribution >= 0.6 is 22.9 Å². The molecule has 1 aliphatic heterocycles. The van der Waals surface area contributed by atoms with Crippen LogP contribution in [0.25, 0.3) is 16.8 Å². The maximum absolute atomic E-state index is 10.5. The molecule has 0 saturated carbocycles. The van der Waals surface area contributed by atoms with E-state index in [-0.39, 0.29) is 18.1 Å². The number of halogens is 1. The molecule has 0 spiro atoms. The van der Waals surface area contributed by atoms with E-state index in [4.69, 9.17) is 17.0 Å². The summed E-state index contributed by atoms with van der Waals surface area (Å²) in [5.41, 5.74) is 4.10. The number of aromatic nitrogens is 1. The number of hydrogen-bond donors (Lipinski definition) is 2. The number of benzene rings is 2. The Kier molecular flexibility index (Phi) is 4.26. The topological polar surface area (TPSA) is 60.2 Å². The Balaban J connectivity index is 1.65. The van der Waals surface area contributed by atoms with Crippen molar-refractivity contribution < 1.29 is 5.11 Å². The minimum Gasteiger partial charge on any atom is -0.510 e. The molecule has 3 aromatic rings. The Bertz CT molecular complexity index is 1030. The summed E-state index contributed by atoms with van der Waals surface area (Å²) in [5.74, 6) is 0.386. The first kappa shape index (κ1) is 16.8. The van der Waals surface area contributed by atoms with Crippen LogP contribution < -0.4 is 4.90 Å². The highest BCUT2D eigenvalue weighted by Gasteiger charge is 2.31. The van der Waals surface area contributed by atoms with Gasteiger partial charge in [-0.05, 0) is 24.6 Å². The van der Waals surface area contributed by atoms with Crippen molar-refractivity contribution >= 4 is 40.0 Å². The summed E-state index contributed by atoms with van der Waals surface area (Å²) in [6.45, 7) is 2.18. The van der Waals surface area contributed by atoms with Crippen LogP contribution in [0.2, 0.25) is 5.02 Å². The number of aliphatic hydroxyl groups excluding tert-OH is 1. The molecular formula is C20H16ClN3OS. The SMILES string of the molecule is Cc1ccc(N2CC(O)=C(c3nc(-c4ccccc4)cs3)C2=N)cc1Cl. The monoisotopic (exact) mass is 381 g/mol. The molecule has 1 aliphatic rings. The highest BCUT2D eigenvalue weighted by atomic mass is 35.5. The number of thiazole rings is 1. The quantitative estimate of drug-likeness (QED) is 0.626. The predicted octanol–water partition coefficient (Wildman–Crippen LogP) is 5.54. The number of nitrogens with zero attached hydrogens (tertiary/aromatic N) is 2. The summed E-state index contributed by atoms with van der Waals surface area (Å²) < 4.78 is 0. The first-order chi connectivity index (χ1) is 12.5. The molecule has 0 bridgehead atoms. The van der Waals surface area contributed by atoms with Gasteiger partial charge in [-0.15, -0.1) is 11.3 Å². The van der Waals surface area contributed by atoms with Crippen LogP contribution in [0.15, 0.2) is 59.7 Å². The minimum atomic E-state index is 0.153. The number of rotatable bonds is 3. The van der Waals surface area contributed by atoms with Gasteiger partial charge < -0.3 is 10.0 Å². The van der Waals surface area contributed by atoms with Crippen molar-refractivity contribution in [1.82, 2.24) is 4.98 Å². The molecule has 4 rings (SSSR count). The third kappa shape index (κ3) is 2.89. The first-order valence-corrected chi connectivity index (χ1v) is 9.36. The zero-order valence-corrected chi connectivity index (χ0v) is 15.6. The fraction of sp³-hybridized carbons (Fsp3) is 0.100. The van der Waals surface area contributed by atoms with E-state index in [1.807, 2.05) is 60.8 Å². The fourth-order valence-corrected chi connectivity index (χ4v) is 3.97. The summed E-state index contributed by atoms with van der Waals surface area (Å²) in [7, 11) is 0. The van der Waals surface area contributed by atoms with Gasteiger partial charge in [-0.2, -0.15) is 0 Å². The van der Waals surface area contributed by atoms with E-state index in [0.717, 1.165) is 22.5 Å². The number of hydrogen-bond acceptors (Lipinski definition) is 4. The van der Waals surface area contributed by atoms with E-state index in [1.54, 1.807) is 4.90 Å². The average Bonchev–Trinajstić information content (AvgIpc) is 3.23. The molecule has 2 N–H and O–H groups in total. The van der Waals surface area contributed by atoms with Gasteiger partial charge in [-0.3, -0.25) is 5.41 Å². The van der Waals surface area contributed by atoms with Gasteiger partial charge in [0.15, 0.2) is 0 Å². The van der Waals surface area contributed by atoms with Gasteiger partial charge in [0.2, 0.25) is 0 Å². The molecule has 26 heavy (non-hydrogen) atoms. The fourth-order valence-electron chi connectivity index (χ4n) is 2.90. The molecule has 2 aromatic carbocycles. The third-order valence-corrected chi connectivity index (χ3v) is 5.62. The summed E-state index contributed by atoms with van der Waals surface area (Å²) in [6, 6.07) is 15.5. The van der Waals surface area contributed by atoms with Crippen molar-refractivity contribution in [1.29, 1.82) is 5.41 Å². The van der Waals surface area contributed by atoms with Crippen LogP contribution in [0.1, 0.15) is 10.6 Å². The smallest absolute Gasteiger partial charge is 0.139 e. The van der Waals surface area contributed by atoms with Gasteiger partial charge >= 0.3 is 0 Å². The predicted molar refractivity (Wildman–Crippen MR) is 108 cm³/mol. The molecule has 4 nitrogen and oxygen atoms in total. The molecule has 130 valence electrons. The summed E-state index contributed by atoms with van der Waals surface area (Å²) in [6.07, 6.45) is 0. The second kappa shape index (κ2) is 6.59. The van der Waals surface area contributed by atoms with Gasteiger partial charge in [-0.1, -0.05) is 48.0 Å². The lowest BCUT2D eigenvalue weighted by atomic mass is 10.2. The van der Waals surface area contributed by atoms with Crippen molar-refractivity contribution in [3.8, 4) is 11.3 Å². The lowest BCUT2D eigenvalue weighted by Gasteiger charge is -2.19. The molecule has 0 radical (unpaired) electrons. The molecule has 0 saturated heterocycles. The molecule has 1 aromatic heterocycles. The number of aryl methyl sites for hydroxylation is 1. The number of aliphatic hydroxyl groups is 1. The molecule has 0 atom stereocenters. The maximum atomic E-state index is 10.5. The molecular weight excluding hydrogens is 366 g/mol. The number of nitrogens with one attached hydrogen (secondary N) is 1. The highest BCUT2D eigenvalue weighted by molar-refractivity contribution is 7.11. The molecule has 2 heterocycles. The Hall–Kier alpha value is -2.63. The summed E-state index contributed by atoms with van der Waals surface area (Å²) in [5, 5.41) is 22.3. The van der Waals surface area contributed by atoms with Crippen LogP contribution in [-0.4, -0.2) is 22.5 Å². The normalized spacial score (nSPS) is 14.4. The maximum Gasteiger partial charge on any atom is 0.139 e. The standard InChI is InChI=1S/C20H16ClN3OS/c1-12-7-8-14(9-15(12)21)24-10-17(25)18(19(24)22)20-23-16(11-26-20)13-5-3-2-4-6-13/h2-9,11,22,25H,10H2,1H3. The zero-order valence-electron chi connectivity index (χ0n) is 14.0. The van der Waals surface area contributed by atoms with E-state index in [9.17, 15) is 5.11 Å². The third-order valence-electron chi connectivity index (χ3n) is 4.36. The molecule has 0 unspecified atom stereocenters. The second-order valence-corrected chi connectivity index (χ2v) is 7.36. The van der Waals surface area contributed by atoms with E-state index in [0.29, 0.717) is 15.6 Å². The Labute approximate surface area is 160 Å². The Morgan fingerprint density at radius 2 is 1.96 bits per heavy atom. The van der Waals surface area contributed by atoms with Crippen molar-refractivity contribution in [2.45, 2.75) is 6.92 Å². The second-order valence-electron chi connectivity index (χ2n) is 6.09. The van der Waals surface area contributed by atoms with E-state index < -0.39 is 0 Å². The largest absolute Gasteiger partial charge is 0.510 e. The summed E-state index contributed by atoms with van der Waals surface area (Å²) >= 11 is 7.65. The molecule has 6 heteroatoms. The van der Waals surface area contributed by atoms with Crippen LogP contribution in [0, 0.1) is 12.3 Å². The van der Waals surface area contributed by atoms with Crippen LogP contribution in [0.5, 0.6) is 0 Å². The van der Waals surface area contributed by atoms with Gasteiger partial charge in [-0.25, -0.2) is 4.98 Å². The van der Waals surface area contributed by atoms with E-state index in [1.165, 1.54) is 11.3 Å². The summed E-state index contributed by atoms with van der Waals surface area (Å²) in [4.78, 5) is 6.37. The lowest BCUT2D eigenvalue weighted by Crippen LogP contribution is -2.26. The van der Waals surface area contributed by atoms with Crippen molar-refractivity contribution in [2.24, 2.45) is 0 Å². The molecule has 0 amide bonds. The zero-order chi connectivity index (χ0) is 18.3. The minimum absolute atomic E-state index is 0.153. The Morgan fingerprint density at radius 3 is 2.69 bits per heavy atom. The van der Waals surface area contributed by atoms with Gasteiger partial charge in [0.25, 0.3) is 0 Å². The van der Waals surface area contributed by atoms with E-state index >= 15 is 0 Å². The van der Waals surface area contributed by atoms with Gasteiger partial charge in [0, 0.05) is 21.7 Å². The average molecular weight is 382 g/mol. The van der Waals surface area contributed by atoms with E-state index in [2.05, 4.69) is 4.98 Å². The van der Waals surface area contributed by atoms with Crippen LogP contribution in [0.3, 0.4) is 0 Å². The van der Waals surface area contributed by atoms with Crippen molar-refractivity contribution in [3.05, 3.63) is 75.3 Å². The molecule has 0 aliphatic carbocycles. The number of anilines is 1. The van der Waals surface area contributed by atoms with Crippen molar-refractivity contribution in [3.63, 3.8) is 0 Å². The van der Waals surface area contributed by atoms with Crippen LogP contribution in [0.4, 0.5) is 5.69 Å².